The molecule has 9 heteroatoms. The van der Waals surface area contributed by atoms with E-state index < -0.39 is 11.7 Å². The molecule has 0 aliphatic carbocycles. The van der Waals surface area contributed by atoms with E-state index in [1.54, 1.807) is 18.5 Å². The van der Waals surface area contributed by atoms with E-state index in [-0.39, 0.29) is 12.1 Å². The molecule has 2 aromatic heterocycles. The van der Waals surface area contributed by atoms with Crippen LogP contribution in [0.3, 0.4) is 0 Å². The maximum Gasteiger partial charge on any atom is 0.416 e. The standard InChI is InChI=1S/C28H29F3N6/c1-19(20-9-4-3-5-10-20)33-26-32-15-14-23(34-26)25-13-6-7-16-37(25)27-35-24(18-36(27)2)21-11-8-12-22(17-21)28(29,30)31/h3-5,8-12,14-15,17-19,25H,6-7,13,16H2,1-2H3,(H,32,33,34). The smallest absolute Gasteiger partial charge is 0.348 e. The van der Waals surface area contributed by atoms with Crippen molar-refractivity contribution in [1.29, 1.82) is 0 Å². The Hall–Kier alpha value is -3.88. The molecule has 0 bridgehead atoms. The molecule has 0 saturated carbocycles. The number of nitrogens with one attached hydrogen (secondary N) is 1. The molecule has 1 saturated heterocycles. The Morgan fingerprint density at radius 1 is 1.00 bits per heavy atom. The minimum atomic E-state index is -4.40. The fourth-order valence-corrected chi connectivity index (χ4v) is 4.84. The third-order valence-corrected chi connectivity index (χ3v) is 6.76. The van der Waals surface area contributed by atoms with Gasteiger partial charge in [-0.05, 0) is 49.9 Å². The average molecular weight is 507 g/mol. The van der Waals surface area contributed by atoms with Gasteiger partial charge in [0.05, 0.1) is 29.0 Å². The van der Waals surface area contributed by atoms with E-state index in [4.69, 9.17) is 9.97 Å². The lowest BCUT2D eigenvalue weighted by molar-refractivity contribution is -0.137. The minimum absolute atomic E-state index is 0.0141. The van der Waals surface area contributed by atoms with Gasteiger partial charge in [0.1, 0.15) is 0 Å². The Morgan fingerprint density at radius 3 is 2.59 bits per heavy atom. The molecule has 2 atom stereocenters. The van der Waals surface area contributed by atoms with Gasteiger partial charge < -0.3 is 14.8 Å². The van der Waals surface area contributed by atoms with Gasteiger partial charge in [-0.25, -0.2) is 15.0 Å². The Morgan fingerprint density at radius 2 is 1.81 bits per heavy atom. The first-order valence-electron chi connectivity index (χ1n) is 12.4. The number of anilines is 2. The van der Waals surface area contributed by atoms with Crippen LogP contribution in [-0.2, 0) is 13.2 Å². The van der Waals surface area contributed by atoms with Crippen molar-refractivity contribution in [3.63, 3.8) is 0 Å². The number of piperidine rings is 1. The number of alkyl halides is 3. The molecule has 0 spiro atoms. The summed E-state index contributed by atoms with van der Waals surface area (Å²) in [5.41, 5.74) is 2.30. The number of aryl methyl sites for hydroxylation is 1. The Bertz CT molecular complexity index is 1350. The number of hydrogen-bond acceptors (Lipinski definition) is 5. The van der Waals surface area contributed by atoms with Crippen LogP contribution in [0.5, 0.6) is 0 Å². The van der Waals surface area contributed by atoms with Crippen molar-refractivity contribution in [2.45, 2.75) is 44.4 Å². The first-order valence-corrected chi connectivity index (χ1v) is 12.4. The zero-order valence-electron chi connectivity index (χ0n) is 20.8. The first kappa shape index (κ1) is 24.8. The Balaban J connectivity index is 1.41. The van der Waals surface area contributed by atoms with E-state index in [9.17, 15) is 13.2 Å². The monoisotopic (exact) mass is 506 g/mol. The molecular formula is C28H29F3N6. The lowest BCUT2D eigenvalue weighted by Crippen LogP contribution is -2.35. The zero-order chi connectivity index (χ0) is 26.0. The molecule has 2 unspecified atom stereocenters. The number of halogens is 3. The molecule has 0 radical (unpaired) electrons. The van der Waals surface area contributed by atoms with E-state index in [1.165, 1.54) is 6.07 Å². The lowest BCUT2D eigenvalue weighted by Gasteiger charge is -2.36. The summed E-state index contributed by atoms with van der Waals surface area (Å²) in [6.45, 7) is 2.85. The largest absolute Gasteiger partial charge is 0.416 e. The molecule has 3 heterocycles. The third kappa shape index (κ3) is 5.45. The van der Waals surface area contributed by atoms with Crippen LogP contribution in [0.4, 0.5) is 25.1 Å². The van der Waals surface area contributed by atoms with E-state index in [0.29, 0.717) is 23.2 Å². The van der Waals surface area contributed by atoms with Gasteiger partial charge in [-0.3, -0.25) is 0 Å². The Kier molecular flexibility index (Phi) is 6.86. The molecule has 2 aromatic carbocycles. The highest BCUT2D eigenvalue weighted by molar-refractivity contribution is 5.62. The van der Waals surface area contributed by atoms with Crippen molar-refractivity contribution in [3.8, 4) is 11.3 Å². The van der Waals surface area contributed by atoms with Gasteiger partial charge >= 0.3 is 6.18 Å². The second kappa shape index (κ2) is 10.2. The van der Waals surface area contributed by atoms with Crippen molar-refractivity contribution in [1.82, 2.24) is 19.5 Å². The molecule has 1 N–H and O–H groups in total. The number of benzene rings is 2. The Labute approximate surface area is 214 Å². The lowest BCUT2D eigenvalue weighted by atomic mass is 9.99. The maximum absolute atomic E-state index is 13.3. The topological polar surface area (TPSA) is 58.9 Å². The summed E-state index contributed by atoms with van der Waals surface area (Å²) in [6.07, 6.45) is 2.11. The maximum atomic E-state index is 13.3. The van der Waals surface area contributed by atoms with E-state index in [1.807, 2.05) is 35.9 Å². The molecular weight excluding hydrogens is 477 g/mol. The van der Waals surface area contributed by atoms with Crippen LogP contribution in [0.25, 0.3) is 11.3 Å². The number of rotatable bonds is 6. The van der Waals surface area contributed by atoms with E-state index >= 15 is 0 Å². The van der Waals surface area contributed by atoms with Crippen molar-refractivity contribution < 1.29 is 13.2 Å². The highest BCUT2D eigenvalue weighted by atomic mass is 19.4. The first-order chi connectivity index (χ1) is 17.8. The number of imidazole rings is 1. The van der Waals surface area contributed by atoms with Crippen LogP contribution in [0.15, 0.2) is 73.1 Å². The molecule has 1 aliphatic heterocycles. The second-order valence-corrected chi connectivity index (χ2v) is 9.40. The highest BCUT2D eigenvalue weighted by Crippen LogP contribution is 2.36. The van der Waals surface area contributed by atoms with Crippen molar-refractivity contribution >= 4 is 11.9 Å². The summed E-state index contributed by atoms with van der Waals surface area (Å²) < 4.78 is 41.6. The van der Waals surface area contributed by atoms with Gasteiger partial charge in [-0.1, -0.05) is 42.5 Å². The molecule has 37 heavy (non-hydrogen) atoms. The molecule has 5 rings (SSSR count). The van der Waals surface area contributed by atoms with Crippen LogP contribution in [0.2, 0.25) is 0 Å². The molecule has 4 aromatic rings. The molecule has 0 amide bonds. The van der Waals surface area contributed by atoms with Gasteiger partial charge in [0.25, 0.3) is 0 Å². The van der Waals surface area contributed by atoms with Crippen LogP contribution in [0, 0.1) is 0 Å². The van der Waals surface area contributed by atoms with Crippen molar-refractivity contribution in [2.75, 3.05) is 16.8 Å². The summed E-state index contributed by atoms with van der Waals surface area (Å²) in [5.74, 6) is 1.27. The summed E-state index contributed by atoms with van der Waals surface area (Å²) in [4.78, 5) is 16.3. The average Bonchev–Trinajstić information content (AvgIpc) is 3.30. The van der Waals surface area contributed by atoms with Gasteiger partial charge in [0, 0.05) is 31.5 Å². The molecule has 1 fully saturated rings. The predicted octanol–water partition coefficient (Wildman–Crippen LogP) is 6.80. The van der Waals surface area contributed by atoms with Crippen LogP contribution in [0.1, 0.15) is 55.1 Å². The molecule has 192 valence electrons. The number of aromatic nitrogens is 4. The summed E-state index contributed by atoms with van der Waals surface area (Å²) >= 11 is 0. The van der Waals surface area contributed by atoms with E-state index in [2.05, 4.69) is 34.3 Å². The predicted molar refractivity (Wildman–Crippen MR) is 138 cm³/mol. The zero-order valence-corrected chi connectivity index (χ0v) is 20.8. The summed E-state index contributed by atoms with van der Waals surface area (Å²) in [5, 5.41) is 3.39. The normalized spacial score (nSPS) is 17.0. The quantitative estimate of drug-likeness (QED) is 0.312. The molecule has 6 nitrogen and oxygen atoms in total. The highest BCUT2D eigenvalue weighted by Gasteiger charge is 2.32. The van der Waals surface area contributed by atoms with Crippen LogP contribution < -0.4 is 10.2 Å². The van der Waals surface area contributed by atoms with Gasteiger partial charge in [0.2, 0.25) is 11.9 Å². The fourth-order valence-electron chi connectivity index (χ4n) is 4.84. The summed E-state index contributed by atoms with van der Waals surface area (Å²) in [6, 6.07) is 17.4. The fraction of sp³-hybridized carbons (Fsp3) is 0.321. The third-order valence-electron chi connectivity index (χ3n) is 6.76. The van der Waals surface area contributed by atoms with Crippen LogP contribution >= 0.6 is 0 Å². The molecule has 1 aliphatic rings. The summed E-state index contributed by atoms with van der Waals surface area (Å²) in [7, 11) is 1.87. The van der Waals surface area contributed by atoms with E-state index in [0.717, 1.165) is 49.2 Å². The second-order valence-electron chi connectivity index (χ2n) is 9.40. The van der Waals surface area contributed by atoms with Crippen molar-refractivity contribution in [2.24, 2.45) is 7.05 Å². The van der Waals surface area contributed by atoms with Gasteiger partial charge in [0.15, 0.2) is 0 Å². The SMILES string of the molecule is CC(Nc1nccc(C2CCCCN2c2nc(-c3cccc(C(F)(F)F)c3)cn2C)n1)c1ccccc1. The minimum Gasteiger partial charge on any atom is -0.348 e. The van der Waals surface area contributed by atoms with Gasteiger partial charge in [-0.2, -0.15) is 13.2 Å². The number of nitrogens with zero attached hydrogens (tertiary/aromatic N) is 5. The van der Waals surface area contributed by atoms with Crippen molar-refractivity contribution in [3.05, 3.63) is 89.9 Å². The number of hydrogen-bond donors (Lipinski definition) is 1. The van der Waals surface area contributed by atoms with Crippen LogP contribution in [-0.4, -0.2) is 26.1 Å². The van der Waals surface area contributed by atoms with Gasteiger partial charge in [-0.15, -0.1) is 0 Å².